The average molecular weight is 260 g/mol. The van der Waals surface area contributed by atoms with E-state index in [1.165, 1.54) is 7.05 Å². The number of hydrogen-bond acceptors (Lipinski definition) is 3. The number of carbonyl (C=O) groups is 2. The minimum absolute atomic E-state index is 0.0129. The molecule has 0 spiro atoms. The molecule has 0 aliphatic carbocycles. The molecular weight excluding hydrogens is 244 g/mol. The predicted molar refractivity (Wildman–Crippen MR) is 71.5 cm³/mol. The number of amides is 2. The fourth-order valence-electron chi connectivity index (χ4n) is 1.86. The molecule has 0 aliphatic rings. The lowest BCUT2D eigenvalue weighted by molar-refractivity contribution is -0.126. The van der Waals surface area contributed by atoms with Crippen molar-refractivity contribution < 1.29 is 9.59 Å². The summed E-state index contributed by atoms with van der Waals surface area (Å²) in [6.45, 7) is 2.00. The van der Waals surface area contributed by atoms with Crippen molar-refractivity contribution in [2.75, 3.05) is 13.6 Å². The van der Waals surface area contributed by atoms with E-state index in [4.69, 9.17) is 0 Å². The highest BCUT2D eigenvalue weighted by atomic mass is 16.2. The Hall–Kier alpha value is -2.37. The maximum absolute atomic E-state index is 11.8. The minimum atomic E-state index is -0.222. The second kappa shape index (κ2) is 5.51. The van der Waals surface area contributed by atoms with E-state index in [1.807, 2.05) is 35.8 Å². The standard InChI is InChI=1S/C13H16N4O2/c1-9-16-10-5-3-4-6-11(10)17(9)8-13(19)15-7-12(18)14-2/h3-6H,7-8H2,1-2H3,(H,14,18)(H,15,19). The third kappa shape index (κ3) is 2.90. The quantitative estimate of drug-likeness (QED) is 0.825. The topological polar surface area (TPSA) is 76.0 Å². The Bertz CT molecular complexity index is 618. The van der Waals surface area contributed by atoms with Crippen LogP contribution in [-0.4, -0.2) is 35.0 Å². The fraction of sp³-hybridized carbons (Fsp3) is 0.308. The Balaban J connectivity index is 2.10. The number of imidazole rings is 1. The van der Waals surface area contributed by atoms with E-state index in [9.17, 15) is 9.59 Å². The van der Waals surface area contributed by atoms with Gasteiger partial charge in [0.25, 0.3) is 0 Å². The Morgan fingerprint density at radius 1 is 1.26 bits per heavy atom. The first-order chi connectivity index (χ1) is 9.11. The molecule has 2 rings (SSSR count). The fourth-order valence-corrected chi connectivity index (χ4v) is 1.86. The van der Waals surface area contributed by atoms with Gasteiger partial charge in [-0.2, -0.15) is 0 Å². The van der Waals surface area contributed by atoms with Crippen molar-refractivity contribution in [2.24, 2.45) is 0 Å². The summed E-state index contributed by atoms with van der Waals surface area (Å²) < 4.78 is 1.83. The van der Waals surface area contributed by atoms with Crippen molar-refractivity contribution >= 4 is 22.8 Å². The molecule has 2 amide bonds. The van der Waals surface area contributed by atoms with E-state index < -0.39 is 0 Å². The van der Waals surface area contributed by atoms with E-state index in [-0.39, 0.29) is 24.9 Å². The molecule has 100 valence electrons. The largest absolute Gasteiger partial charge is 0.358 e. The molecule has 2 aromatic rings. The number of nitrogens with one attached hydrogen (secondary N) is 2. The Labute approximate surface area is 110 Å². The summed E-state index contributed by atoms with van der Waals surface area (Å²) in [4.78, 5) is 27.2. The lowest BCUT2D eigenvalue weighted by atomic mass is 10.3. The summed E-state index contributed by atoms with van der Waals surface area (Å²) in [5, 5.41) is 5.01. The molecule has 0 radical (unpaired) electrons. The van der Waals surface area contributed by atoms with Gasteiger partial charge in [0.1, 0.15) is 12.4 Å². The molecule has 0 atom stereocenters. The third-order valence-corrected chi connectivity index (χ3v) is 2.87. The summed E-state index contributed by atoms with van der Waals surface area (Å²) in [6.07, 6.45) is 0. The van der Waals surface area contributed by atoms with Crippen LogP contribution in [0.3, 0.4) is 0 Å². The highest BCUT2D eigenvalue weighted by Gasteiger charge is 2.10. The summed E-state index contributed by atoms with van der Waals surface area (Å²) in [6, 6.07) is 7.63. The van der Waals surface area contributed by atoms with Crippen LogP contribution in [0, 0.1) is 6.92 Å². The molecule has 0 unspecified atom stereocenters. The van der Waals surface area contributed by atoms with Crippen LogP contribution in [0.15, 0.2) is 24.3 Å². The first-order valence-corrected chi connectivity index (χ1v) is 6.01. The molecule has 1 aromatic carbocycles. The molecule has 6 nitrogen and oxygen atoms in total. The number of benzene rings is 1. The lowest BCUT2D eigenvalue weighted by Gasteiger charge is -2.07. The maximum atomic E-state index is 11.8. The van der Waals surface area contributed by atoms with Crippen LogP contribution in [0.25, 0.3) is 11.0 Å². The van der Waals surface area contributed by atoms with Gasteiger partial charge in [0, 0.05) is 7.05 Å². The zero-order valence-electron chi connectivity index (χ0n) is 10.9. The van der Waals surface area contributed by atoms with Gasteiger partial charge in [0.05, 0.1) is 17.6 Å². The van der Waals surface area contributed by atoms with E-state index >= 15 is 0 Å². The van der Waals surface area contributed by atoms with Crippen molar-refractivity contribution in [3.8, 4) is 0 Å². The Kier molecular flexibility index (Phi) is 3.79. The maximum Gasteiger partial charge on any atom is 0.240 e. The molecule has 6 heteroatoms. The number of aromatic nitrogens is 2. The number of aryl methyl sites for hydroxylation is 1. The van der Waals surface area contributed by atoms with Crippen LogP contribution in [0.5, 0.6) is 0 Å². The number of likely N-dealkylation sites (N-methyl/N-ethyl adjacent to an activating group) is 1. The third-order valence-electron chi connectivity index (χ3n) is 2.87. The van der Waals surface area contributed by atoms with Gasteiger partial charge in [-0.25, -0.2) is 4.98 Å². The predicted octanol–water partition coefficient (Wildman–Crippen LogP) is 0.207. The molecule has 0 saturated carbocycles. The average Bonchev–Trinajstić information content (AvgIpc) is 2.72. The normalized spacial score (nSPS) is 10.4. The molecule has 0 saturated heterocycles. The molecular formula is C13H16N4O2. The Morgan fingerprint density at radius 2 is 2.00 bits per heavy atom. The summed E-state index contributed by atoms with van der Waals surface area (Å²) in [5.41, 5.74) is 1.77. The monoisotopic (exact) mass is 260 g/mol. The minimum Gasteiger partial charge on any atom is -0.358 e. The molecule has 2 N–H and O–H groups in total. The van der Waals surface area contributed by atoms with Gasteiger partial charge < -0.3 is 15.2 Å². The van der Waals surface area contributed by atoms with Crippen LogP contribution in [0.2, 0.25) is 0 Å². The van der Waals surface area contributed by atoms with E-state index in [0.29, 0.717) is 0 Å². The smallest absolute Gasteiger partial charge is 0.240 e. The zero-order chi connectivity index (χ0) is 13.8. The number of rotatable bonds is 4. The van der Waals surface area contributed by atoms with Crippen molar-refractivity contribution in [3.63, 3.8) is 0 Å². The van der Waals surface area contributed by atoms with Crippen molar-refractivity contribution in [3.05, 3.63) is 30.1 Å². The second-order valence-electron chi connectivity index (χ2n) is 4.18. The highest BCUT2D eigenvalue weighted by Crippen LogP contribution is 2.14. The van der Waals surface area contributed by atoms with Crippen molar-refractivity contribution in [1.82, 2.24) is 20.2 Å². The van der Waals surface area contributed by atoms with E-state index in [1.54, 1.807) is 0 Å². The highest BCUT2D eigenvalue weighted by molar-refractivity contribution is 5.85. The van der Waals surface area contributed by atoms with E-state index in [0.717, 1.165) is 16.9 Å². The van der Waals surface area contributed by atoms with Gasteiger partial charge in [-0.1, -0.05) is 12.1 Å². The van der Waals surface area contributed by atoms with Gasteiger partial charge in [0.15, 0.2) is 0 Å². The number of nitrogens with zero attached hydrogens (tertiary/aromatic N) is 2. The van der Waals surface area contributed by atoms with Crippen LogP contribution in [0.4, 0.5) is 0 Å². The number of hydrogen-bond donors (Lipinski definition) is 2. The SMILES string of the molecule is CNC(=O)CNC(=O)Cn1c(C)nc2ccccc21. The molecule has 19 heavy (non-hydrogen) atoms. The molecule has 1 heterocycles. The van der Waals surface area contributed by atoms with Gasteiger partial charge in [-0.15, -0.1) is 0 Å². The number of fused-ring (bicyclic) bond motifs is 1. The van der Waals surface area contributed by atoms with Gasteiger partial charge >= 0.3 is 0 Å². The second-order valence-corrected chi connectivity index (χ2v) is 4.18. The first kappa shape index (κ1) is 13.1. The van der Waals surface area contributed by atoms with Crippen LogP contribution in [-0.2, 0) is 16.1 Å². The summed E-state index contributed by atoms with van der Waals surface area (Å²) in [5.74, 6) is 0.340. The van der Waals surface area contributed by atoms with Crippen LogP contribution in [0.1, 0.15) is 5.82 Å². The molecule has 0 fully saturated rings. The Morgan fingerprint density at radius 3 is 2.74 bits per heavy atom. The summed E-state index contributed by atoms with van der Waals surface area (Å²) in [7, 11) is 1.53. The molecule has 0 bridgehead atoms. The van der Waals surface area contributed by atoms with Crippen LogP contribution < -0.4 is 10.6 Å². The van der Waals surface area contributed by atoms with Gasteiger partial charge in [-0.05, 0) is 19.1 Å². The van der Waals surface area contributed by atoms with Gasteiger partial charge in [0.2, 0.25) is 11.8 Å². The van der Waals surface area contributed by atoms with Crippen molar-refractivity contribution in [1.29, 1.82) is 0 Å². The first-order valence-electron chi connectivity index (χ1n) is 6.01. The molecule has 1 aromatic heterocycles. The van der Waals surface area contributed by atoms with Crippen molar-refractivity contribution in [2.45, 2.75) is 13.5 Å². The number of para-hydroxylation sites is 2. The lowest BCUT2D eigenvalue weighted by Crippen LogP contribution is -2.36. The van der Waals surface area contributed by atoms with Crippen LogP contribution >= 0.6 is 0 Å². The number of carbonyl (C=O) groups excluding carboxylic acids is 2. The van der Waals surface area contributed by atoms with E-state index in [2.05, 4.69) is 15.6 Å². The summed E-state index contributed by atoms with van der Waals surface area (Å²) >= 11 is 0. The zero-order valence-corrected chi connectivity index (χ0v) is 10.9. The molecule has 0 aliphatic heterocycles. The van der Waals surface area contributed by atoms with Gasteiger partial charge in [-0.3, -0.25) is 9.59 Å².